The first kappa shape index (κ1) is 23.7. The Kier molecular flexibility index (Phi) is 8.91. The molecular weight excluding hydrogens is 436 g/mol. The standard InChI is InChI=1S/C21H30N4O4S2/c1-3-4-5-6-11-25-19(27)17-14-8-7-9-15(14)31-18(17)24-21(25)30-13-16(26)23-20(28)22-10-12-29-2/h3-13H2,1-2H3,(H2,22,23,26,28). The van der Waals surface area contributed by atoms with Crippen molar-refractivity contribution in [2.24, 2.45) is 0 Å². The highest BCUT2D eigenvalue weighted by Crippen LogP contribution is 2.35. The van der Waals surface area contributed by atoms with Gasteiger partial charge in [-0.05, 0) is 31.2 Å². The molecule has 170 valence electrons. The van der Waals surface area contributed by atoms with E-state index in [1.165, 1.54) is 29.3 Å². The predicted molar refractivity (Wildman–Crippen MR) is 124 cm³/mol. The van der Waals surface area contributed by atoms with E-state index in [2.05, 4.69) is 17.6 Å². The number of aryl methyl sites for hydroxylation is 2. The minimum absolute atomic E-state index is 0.00103. The molecule has 2 N–H and O–H groups in total. The summed E-state index contributed by atoms with van der Waals surface area (Å²) in [6.45, 7) is 3.43. The van der Waals surface area contributed by atoms with Gasteiger partial charge >= 0.3 is 6.03 Å². The van der Waals surface area contributed by atoms with Crippen molar-refractivity contribution in [2.45, 2.75) is 63.6 Å². The van der Waals surface area contributed by atoms with Crippen LogP contribution in [0.25, 0.3) is 10.2 Å². The van der Waals surface area contributed by atoms with Gasteiger partial charge in [-0.1, -0.05) is 37.9 Å². The zero-order chi connectivity index (χ0) is 22.2. The van der Waals surface area contributed by atoms with E-state index in [1.54, 1.807) is 15.9 Å². The molecule has 0 radical (unpaired) electrons. The molecule has 3 rings (SSSR count). The number of fused-ring (bicyclic) bond motifs is 3. The van der Waals surface area contributed by atoms with Crippen LogP contribution in [0.4, 0.5) is 4.79 Å². The molecular formula is C21H30N4O4S2. The molecule has 2 aromatic heterocycles. The number of carbonyl (C=O) groups is 2. The van der Waals surface area contributed by atoms with Crippen LogP contribution in [-0.2, 0) is 28.9 Å². The Labute approximate surface area is 190 Å². The Morgan fingerprint density at radius 3 is 2.87 bits per heavy atom. The first-order chi connectivity index (χ1) is 15.0. The Morgan fingerprint density at radius 1 is 1.26 bits per heavy atom. The second-order valence-electron chi connectivity index (χ2n) is 7.53. The van der Waals surface area contributed by atoms with Crippen LogP contribution in [0.15, 0.2) is 9.95 Å². The van der Waals surface area contributed by atoms with Gasteiger partial charge in [0.05, 0.1) is 17.7 Å². The van der Waals surface area contributed by atoms with E-state index in [0.717, 1.165) is 55.2 Å². The number of thiophene rings is 1. The summed E-state index contributed by atoms with van der Waals surface area (Å²) in [5.41, 5.74) is 1.17. The van der Waals surface area contributed by atoms with Gasteiger partial charge in [-0.2, -0.15) is 0 Å². The number of hydrogen-bond acceptors (Lipinski definition) is 7. The molecule has 0 aromatic carbocycles. The second kappa shape index (κ2) is 11.6. The number of unbranched alkanes of at least 4 members (excludes halogenated alkanes) is 3. The molecule has 0 atom stereocenters. The average Bonchev–Trinajstić information content (AvgIpc) is 3.32. The molecule has 31 heavy (non-hydrogen) atoms. The van der Waals surface area contributed by atoms with E-state index >= 15 is 0 Å². The lowest BCUT2D eigenvalue weighted by Gasteiger charge is -2.12. The zero-order valence-electron chi connectivity index (χ0n) is 18.1. The lowest BCUT2D eigenvalue weighted by Crippen LogP contribution is -2.41. The minimum Gasteiger partial charge on any atom is -0.383 e. The quantitative estimate of drug-likeness (QED) is 0.300. The zero-order valence-corrected chi connectivity index (χ0v) is 19.8. The Bertz CT molecular complexity index is 986. The third kappa shape index (κ3) is 6.08. The van der Waals surface area contributed by atoms with Crippen LogP contribution in [0.2, 0.25) is 0 Å². The molecule has 2 heterocycles. The molecule has 0 fully saturated rings. The number of aromatic nitrogens is 2. The van der Waals surface area contributed by atoms with E-state index in [1.807, 2.05) is 0 Å². The average molecular weight is 467 g/mol. The first-order valence-electron chi connectivity index (χ1n) is 10.8. The molecule has 0 saturated carbocycles. The smallest absolute Gasteiger partial charge is 0.321 e. The van der Waals surface area contributed by atoms with Gasteiger partial charge in [0.15, 0.2) is 5.16 Å². The van der Waals surface area contributed by atoms with Crippen molar-refractivity contribution in [3.63, 3.8) is 0 Å². The summed E-state index contributed by atoms with van der Waals surface area (Å²) in [6.07, 6.45) is 7.24. The number of thioether (sulfide) groups is 1. The van der Waals surface area contributed by atoms with Gasteiger partial charge in [0, 0.05) is 25.1 Å². The predicted octanol–water partition coefficient (Wildman–Crippen LogP) is 3.09. The number of nitrogens with one attached hydrogen (secondary N) is 2. The number of rotatable bonds is 11. The summed E-state index contributed by atoms with van der Waals surface area (Å²) in [7, 11) is 1.54. The van der Waals surface area contributed by atoms with Crippen molar-refractivity contribution in [3.05, 3.63) is 20.8 Å². The number of carbonyl (C=O) groups excluding carboxylic acids is 2. The number of nitrogens with zero attached hydrogens (tertiary/aromatic N) is 2. The van der Waals surface area contributed by atoms with E-state index in [-0.39, 0.29) is 11.3 Å². The lowest BCUT2D eigenvalue weighted by molar-refractivity contribution is -0.117. The lowest BCUT2D eigenvalue weighted by atomic mass is 10.2. The van der Waals surface area contributed by atoms with Gasteiger partial charge in [0.25, 0.3) is 5.56 Å². The highest BCUT2D eigenvalue weighted by atomic mass is 32.2. The molecule has 10 heteroatoms. The molecule has 1 aliphatic carbocycles. The maximum atomic E-state index is 13.3. The third-order valence-electron chi connectivity index (χ3n) is 5.20. The highest BCUT2D eigenvalue weighted by Gasteiger charge is 2.23. The third-order valence-corrected chi connectivity index (χ3v) is 7.36. The molecule has 0 unspecified atom stereocenters. The first-order valence-corrected chi connectivity index (χ1v) is 12.6. The Hall–Kier alpha value is -1.91. The fraction of sp³-hybridized carbons (Fsp3) is 0.619. The second-order valence-corrected chi connectivity index (χ2v) is 9.56. The van der Waals surface area contributed by atoms with Gasteiger partial charge in [-0.25, -0.2) is 9.78 Å². The van der Waals surface area contributed by atoms with Crippen molar-refractivity contribution in [1.82, 2.24) is 20.2 Å². The van der Waals surface area contributed by atoms with Gasteiger partial charge in [0.1, 0.15) is 4.83 Å². The van der Waals surface area contributed by atoms with Crippen molar-refractivity contribution in [2.75, 3.05) is 26.0 Å². The summed E-state index contributed by atoms with van der Waals surface area (Å²) in [6, 6.07) is -0.558. The van der Waals surface area contributed by atoms with E-state index in [4.69, 9.17) is 9.72 Å². The van der Waals surface area contributed by atoms with Gasteiger partial charge in [-0.15, -0.1) is 11.3 Å². The topological polar surface area (TPSA) is 102 Å². The van der Waals surface area contributed by atoms with E-state index in [0.29, 0.717) is 24.9 Å². The van der Waals surface area contributed by atoms with Gasteiger partial charge in [0.2, 0.25) is 5.91 Å². The van der Waals surface area contributed by atoms with Gasteiger partial charge < -0.3 is 10.1 Å². The molecule has 0 aliphatic heterocycles. The number of urea groups is 1. The SMILES string of the molecule is CCCCCCn1c(SCC(=O)NC(=O)NCCOC)nc2sc3c(c2c1=O)CCC3. The molecule has 8 nitrogen and oxygen atoms in total. The van der Waals surface area contributed by atoms with Crippen molar-refractivity contribution >= 4 is 45.3 Å². The summed E-state index contributed by atoms with van der Waals surface area (Å²) in [5, 5.41) is 6.15. The fourth-order valence-electron chi connectivity index (χ4n) is 3.67. The molecule has 0 bridgehead atoms. The van der Waals surface area contributed by atoms with Crippen LogP contribution in [0.1, 0.15) is 49.5 Å². The number of amides is 3. The van der Waals surface area contributed by atoms with Crippen LogP contribution in [0.3, 0.4) is 0 Å². The van der Waals surface area contributed by atoms with Crippen molar-refractivity contribution < 1.29 is 14.3 Å². The van der Waals surface area contributed by atoms with Crippen LogP contribution in [-0.4, -0.2) is 47.5 Å². The normalized spacial score (nSPS) is 12.8. The molecule has 0 spiro atoms. The summed E-state index contributed by atoms with van der Waals surface area (Å²) < 4.78 is 6.58. The summed E-state index contributed by atoms with van der Waals surface area (Å²) in [5.74, 6) is -0.421. The van der Waals surface area contributed by atoms with Crippen LogP contribution in [0.5, 0.6) is 0 Å². The number of imide groups is 1. The van der Waals surface area contributed by atoms with Crippen LogP contribution < -0.4 is 16.2 Å². The molecule has 3 amide bonds. The van der Waals surface area contributed by atoms with Crippen LogP contribution >= 0.6 is 23.1 Å². The minimum atomic E-state index is -0.558. The fourth-order valence-corrected chi connectivity index (χ4v) is 5.79. The molecule has 2 aromatic rings. The maximum Gasteiger partial charge on any atom is 0.321 e. The summed E-state index contributed by atoms with van der Waals surface area (Å²) >= 11 is 2.80. The number of ether oxygens (including phenoxy) is 1. The summed E-state index contributed by atoms with van der Waals surface area (Å²) in [4.78, 5) is 44.1. The number of hydrogen-bond donors (Lipinski definition) is 2. The Balaban J connectivity index is 1.74. The van der Waals surface area contributed by atoms with E-state index in [9.17, 15) is 14.4 Å². The largest absolute Gasteiger partial charge is 0.383 e. The highest BCUT2D eigenvalue weighted by molar-refractivity contribution is 7.99. The molecule has 0 saturated heterocycles. The van der Waals surface area contributed by atoms with Crippen molar-refractivity contribution in [1.29, 1.82) is 0 Å². The maximum absolute atomic E-state index is 13.3. The van der Waals surface area contributed by atoms with E-state index < -0.39 is 11.9 Å². The Morgan fingerprint density at radius 2 is 2.10 bits per heavy atom. The number of methoxy groups -OCH3 is 1. The van der Waals surface area contributed by atoms with Gasteiger partial charge in [-0.3, -0.25) is 19.5 Å². The molecule has 1 aliphatic rings. The monoisotopic (exact) mass is 466 g/mol. The van der Waals surface area contributed by atoms with Crippen molar-refractivity contribution in [3.8, 4) is 0 Å². The van der Waals surface area contributed by atoms with Crippen LogP contribution in [0, 0.1) is 0 Å².